The van der Waals surface area contributed by atoms with E-state index in [4.69, 9.17) is 11.6 Å². The Morgan fingerprint density at radius 1 is 1.06 bits per heavy atom. The van der Waals surface area contributed by atoms with Gasteiger partial charge in [0.1, 0.15) is 0 Å². The van der Waals surface area contributed by atoms with Crippen LogP contribution in [0.1, 0.15) is 25.7 Å². The summed E-state index contributed by atoms with van der Waals surface area (Å²) in [5, 5.41) is 0.707. The van der Waals surface area contributed by atoms with Crippen molar-refractivity contribution in [3.63, 3.8) is 0 Å². The van der Waals surface area contributed by atoms with Gasteiger partial charge in [0.2, 0.25) is 0 Å². The lowest BCUT2D eigenvalue weighted by atomic mass is 9.94. The molecule has 3 heteroatoms. The molecule has 0 spiro atoms. The molecule has 3 rings (SSSR count). The van der Waals surface area contributed by atoms with Gasteiger partial charge in [-0.1, -0.05) is 11.6 Å². The van der Waals surface area contributed by atoms with Crippen molar-refractivity contribution in [3.05, 3.63) is 40.4 Å². The van der Waals surface area contributed by atoms with E-state index in [1.54, 1.807) is 0 Å². The van der Waals surface area contributed by atoms with Gasteiger partial charge in [0.25, 0.3) is 5.91 Å². The molecule has 0 radical (unpaired) electrons. The van der Waals surface area contributed by atoms with Crippen LogP contribution in [0.4, 0.5) is 5.69 Å². The molecule has 0 N–H and O–H groups in total. The summed E-state index contributed by atoms with van der Waals surface area (Å²) >= 11 is 5.86. The van der Waals surface area contributed by atoms with Crippen molar-refractivity contribution >= 4 is 23.2 Å². The first-order chi connectivity index (χ1) is 8.25. The predicted octanol–water partition coefficient (Wildman–Crippen LogP) is 3.56. The fraction of sp³-hybridized carbons (Fsp3) is 0.357. The number of benzene rings is 1. The Morgan fingerprint density at radius 2 is 1.76 bits per heavy atom. The number of carbonyl (C=O) groups is 1. The molecule has 0 saturated carbocycles. The van der Waals surface area contributed by atoms with Gasteiger partial charge in [0.05, 0.1) is 0 Å². The van der Waals surface area contributed by atoms with E-state index in [0.717, 1.165) is 37.1 Å². The molecule has 2 aliphatic rings. The lowest BCUT2D eigenvalue weighted by Crippen LogP contribution is -2.26. The molecule has 0 unspecified atom stereocenters. The molecular formula is C14H14ClNO. The summed E-state index contributed by atoms with van der Waals surface area (Å²) < 4.78 is 0. The highest BCUT2D eigenvalue weighted by atomic mass is 35.5. The topological polar surface area (TPSA) is 20.3 Å². The third kappa shape index (κ3) is 1.87. The maximum atomic E-state index is 12.3. The van der Waals surface area contributed by atoms with Crippen LogP contribution in [0.25, 0.3) is 0 Å². The second-order valence-corrected chi connectivity index (χ2v) is 5.09. The summed E-state index contributed by atoms with van der Waals surface area (Å²) in [6.07, 6.45) is 4.42. The Kier molecular flexibility index (Phi) is 2.67. The van der Waals surface area contributed by atoms with Crippen LogP contribution in [0.15, 0.2) is 35.4 Å². The van der Waals surface area contributed by atoms with Gasteiger partial charge in [0, 0.05) is 22.8 Å². The van der Waals surface area contributed by atoms with Gasteiger partial charge in [-0.15, -0.1) is 0 Å². The van der Waals surface area contributed by atoms with Crippen molar-refractivity contribution in [2.45, 2.75) is 25.7 Å². The molecule has 1 aromatic carbocycles. The first-order valence-electron chi connectivity index (χ1n) is 6.04. The Balaban J connectivity index is 1.88. The van der Waals surface area contributed by atoms with E-state index in [0.29, 0.717) is 5.02 Å². The van der Waals surface area contributed by atoms with Crippen LogP contribution >= 0.6 is 11.6 Å². The number of hydrogen-bond donors (Lipinski definition) is 0. The molecule has 1 amide bonds. The molecule has 0 bridgehead atoms. The number of amides is 1. The number of anilines is 1. The summed E-state index contributed by atoms with van der Waals surface area (Å²) in [4.78, 5) is 14.1. The van der Waals surface area contributed by atoms with Gasteiger partial charge in [-0.05, 0) is 55.5 Å². The summed E-state index contributed by atoms with van der Waals surface area (Å²) in [6.45, 7) is 0.774. The summed E-state index contributed by atoms with van der Waals surface area (Å²) in [5.74, 6) is 0.196. The number of rotatable bonds is 1. The molecule has 0 fully saturated rings. The summed E-state index contributed by atoms with van der Waals surface area (Å²) in [7, 11) is 0. The zero-order valence-corrected chi connectivity index (χ0v) is 10.3. The van der Waals surface area contributed by atoms with E-state index in [1.165, 1.54) is 12.0 Å². The monoisotopic (exact) mass is 247 g/mol. The first kappa shape index (κ1) is 10.8. The van der Waals surface area contributed by atoms with Crippen molar-refractivity contribution in [1.29, 1.82) is 0 Å². The maximum Gasteiger partial charge on any atom is 0.254 e. The average Bonchev–Trinajstić information content (AvgIpc) is 2.69. The second-order valence-electron chi connectivity index (χ2n) is 4.66. The molecule has 1 aliphatic heterocycles. The summed E-state index contributed by atoms with van der Waals surface area (Å²) in [5.41, 5.74) is 3.36. The van der Waals surface area contributed by atoms with Crippen LogP contribution in [0.5, 0.6) is 0 Å². The molecule has 0 aromatic heterocycles. The minimum atomic E-state index is 0.196. The van der Waals surface area contributed by atoms with Crippen molar-refractivity contribution in [2.75, 3.05) is 11.4 Å². The molecule has 88 valence electrons. The Bertz CT molecular complexity index is 489. The van der Waals surface area contributed by atoms with Crippen LogP contribution < -0.4 is 4.90 Å². The van der Waals surface area contributed by atoms with Gasteiger partial charge in [-0.2, -0.15) is 0 Å². The SMILES string of the molecule is O=C1C2=C(CCCC2)CN1c1ccc(Cl)cc1. The van der Waals surface area contributed by atoms with Crippen LogP contribution in [0, 0.1) is 0 Å². The van der Waals surface area contributed by atoms with Crippen LogP contribution in [0.2, 0.25) is 5.02 Å². The fourth-order valence-corrected chi connectivity index (χ4v) is 2.78. The third-order valence-corrected chi connectivity index (χ3v) is 3.82. The minimum absolute atomic E-state index is 0.196. The minimum Gasteiger partial charge on any atom is -0.305 e. The van der Waals surface area contributed by atoms with E-state index in [1.807, 2.05) is 29.2 Å². The van der Waals surface area contributed by atoms with Crippen LogP contribution in [0.3, 0.4) is 0 Å². The first-order valence-corrected chi connectivity index (χ1v) is 6.42. The highest BCUT2D eigenvalue weighted by molar-refractivity contribution is 6.30. The van der Waals surface area contributed by atoms with E-state index in [2.05, 4.69) is 0 Å². The van der Waals surface area contributed by atoms with Gasteiger partial charge < -0.3 is 4.90 Å². The Hall–Kier alpha value is -1.28. The molecule has 1 heterocycles. The standard InChI is InChI=1S/C14H14ClNO/c15-11-5-7-12(8-6-11)16-9-10-3-1-2-4-13(10)14(16)17/h5-8H,1-4,9H2. The number of halogens is 1. The average molecular weight is 248 g/mol. The predicted molar refractivity (Wildman–Crippen MR) is 69.3 cm³/mol. The van der Waals surface area contributed by atoms with Crippen LogP contribution in [-0.2, 0) is 4.79 Å². The van der Waals surface area contributed by atoms with Crippen molar-refractivity contribution in [2.24, 2.45) is 0 Å². The third-order valence-electron chi connectivity index (χ3n) is 3.57. The smallest absolute Gasteiger partial charge is 0.254 e. The fourth-order valence-electron chi connectivity index (χ4n) is 2.66. The second kappa shape index (κ2) is 4.19. The summed E-state index contributed by atoms with van der Waals surface area (Å²) in [6, 6.07) is 7.50. The lowest BCUT2D eigenvalue weighted by Gasteiger charge is -2.16. The molecular weight excluding hydrogens is 234 g/mol. The van der Waals surface area contributed by atoms with E-state index in [-0.39, 0.29) is 5.91 Å². The van der Waals surface area contributed by atoms with Crippen molar-refractivity contribution in [3.8, 4) is 0 Å². The molecule has 17 heavy (non-hydrogen) atoms. The largest absolute Gasteiger partial charge is 0.305 e. The van der Waals surface area contributed by atoms with Crippen molar-refractivity contribution in [1.82, 2.24) is 0 Å². The molecule has 1 aromatic rings. The van der Waals surface area contributed by atoms with Gasteiger partial charge >= 0.3 is 0 Å². The number of hydrogen-bond acceptors (Lipinski definition) is 1. The Labute approximate surface area is 106 Å². The van der Waals surface area contributed by atoms with E-state index in [9.17, 15) is 4.79 Å². The van der Waals surface area contributed by atoms with Crippen molar-refractivity contribution < 1.29 is 4.79 Å². The van der Waals surface area contributed by atoms with Gasteiger partial charge in [-0.3, -0.25) is 4.79 Å². The zero-order valence-electron chi connectivity index (χ0n) is 9.58. The lowest BCUT2D eigenvalue weighted by molar-refractivity contribution is -0.114. The molecule has 0 saturated heterocycles. The normalized spacial score (nSPS) is 19.8. The van der Waals surface area contributed by atoms with Gasteiger partial charge in [0.15, 0.2) is 0 Å². The number of carbonyl (C=O) groups excluding carboxylic acids is 1. The zero-order chi connectivity index (χ0) is 11.8. The van der Waals surface area contributed by atoms with Gasteiger partial charge in [-0.25, -0.2) is 0 Å². The molecule has 2 nitrogen and oxygen atoms in total. The highest BCUT2D eigenvalue weighted by Crippen LogP contribution is 2.34. The maximum absolute atomic E-state index is 12.3. The molecule has 0 atom stereocenters. The van der Waals surface area contributed by atoms with E-state index >= 15 is 0 Å². The number of nitrogens with zero attached hydrogens (tertiary/aromatic N) is 1. The van der Waals surface area contributed by atoms with Crippen LogP contribution in [-0.4, -0.2) is 12.5 Å². The van der Waals surface area contributed by atoms with E-state index < -0.39 is 0 Å². The quantitative estimate of drug-likeness (QED) is 0.743. The molecule has 1 aliphatic carbocycles. The Morgan fingerprint density at radius 3 is 2.47 bits per heavy atom. The highest BCUT2D eigenvalue weighted by Gasteiger charge is 2.31.